The summed E-state index contributed by atoms with van der Waals surface area (Å²) >= 11 is 1.37. The summed E-state index contributed by atoms with van der Waals surface area (Å²) in [6, 6.07) is 7.80. The zero-order valence-electron chi connectivity index (χ0n) is 10.4. The van der Waals surface area contributed by atoms with Gasteiger partial charge in [0.25, 0.3) is 0 Å². The van der Waals surface area contributed by atoms with Gasteiger partial charge in [-0.15, -0.1) is 0 Å². The molecule has 0 saturated carbocycles. The SMILES string of the molecule is CNc1nc(S[C@H]2CCOC2=O)nc2ccccc12. The zero-order valence-corrected chi connectivity index (χ0v) is 11.2. The number of thioether (sulfide) groups is 1. The highest BCUT2D eigenvalue weighted by atomic mass is 32.2. The molecule has 1 aliphatic heterocycles. The number of cyclic esters (lactones) is 1. The summed E-state index contributed by atoms with van der Waals surface area (Å²) in [6.45, 7) is 0.489. The van der Waals surface area contributed by atoms with Crippen molar-refractivity contribution in [2.75, 3.05) is 19.0 Å². The third-order valence-electron chi connectivity index (χ3n) is 2.95. The Morgan fingerprint density at radius 3 is 2.95 bits per heavy atom. The van der Waals surface area contributed by atoms with E-state index in [-0.39, 0.29) is 11.2 Å². The van der Waals surface area contributed by atoms with Crippen LogP contribution in [0.25, 0.3) is 10.9 Å². The predicted octanol–water partition coefficient (Wildman–Crippen LogP) is 2.08. The molecule has 0 aliphatic carbocycles. The van der Waals surface area contributed by atoms with Gasteiger partial charge in [-0.1, -0.05) is 23.9 Å². The number of esters is 1. The van der Waals surface area contributed by atoms with E-state index in [9.17, 15) is 4.79 Å². The first-order valence-corrected chi connectivity index (χ1v) is 6.94. The fourth-order valence-electron chi connectivity index (χ4n) is 2.01. The zero-order chi connectivity index (χ0) is 13.2. The van der Waals surface area contributed by atoms with Crippen LogP contribution in [0.4, 0.5) is 5.82 Å². The Morgan fingerprint density at radius 1 is 1.37 bits per heavy atom. The van der Waals surface area contributed by atoms with Crippen molar-refractivity contribution in [3.8, 4) is 0 Å². The molecule has 1 aromatic heterocycles. The van der Waals surface area contributed by atoms with Gasteiger partial charge in [-0.25, -0.2) is 9.97 Å². The molecular weight excluding hydrogens is 262 g/mol. The lowest BCUT2D eigenvalue weighted by Gasteiger charge is -2.09. The Hall–Kier alpha value is -1.82. The lowest BCUT2D eigenvalue weighted by molar-refractivity contribution is -0.137. The van der Waals surface area contributed by atoms with Crippen molar-refractivity contribution in [3.63, 3.8) is 0 Å². The second kappa shape index (κ2) is 5.05. The van der Waals surface area contributed by atoms with Crippen LogP contribution in [0.5, 0.6) is 0 Å². The van der Waals surface area contributed by atoms with Crippen molar-refractivity contribution in [1.82, 2.24) is 9.97 Å². The molecule has 1 aromatic carbocycles. The third kappa shape index (κ3) is 2.35. The standard InChI is InChI=1S/C13H13N3O2S/c1-14-11-8-4-2-3-5-9(8)15-13(16-11)19-10-6-7-18-12(10)17/h2-5,10H,6-7H2,1H3,(H,14,15,16)/t10-/m0/s1. The van der Waals surface area contributed by atoms with Gasteiger partial charge in [0.1, 0.15) is 11.1 Å². The highest BCUT2D eigenvalue weighted by Crippen LogP contribution is 2.30. The molecule has 5 nitrogen and oxygen atoms in total. The van der Waals surface area contributed by atoms with E-state index in [1.54, 1.807) is 0 Å². The van der Waals surface area contributed by atoms with Crippen molar-refractivity contribution < 1.29 is 9.53 Å². The summed E-state index contributed by atoms with van der Waals surface area (Å²) in [5, 5.41) is 4.46. The fraction of sp³-hybridized carbons (Fsp3) is 0.308. The summed E-state index contributed by atoms with van der Waals surface area (Å²) < 4.78 is 4.95. The van der Waals surface area contributed by atoms with Crippen LogP contribution in [0.1, 0.15) is 6.42 Å². The Balaban J connectivity index is 1.97. The van der Waals surface area contributed by atoms with Crippen molar-refractivity contribution >= 4 is 34.5 Å². The van der Waals surface area contributed by atoms with Crippen LogP contribution < -0.4 is 5.32 Å². The van der Waals surface area contributed by atoms with E-state index < -0.39 is 0 Å². The first kappa shape index (κ1) is 12.2. The fourth-order valence-corrected chi connectivity index (χ4v) is 2.94. The largest absolute Gasteiger partial charge is 0.465 e. The number of anilines is 1. The van der Waals surface area contributed by atoms with Crippen molar-refractivity contribution in [3.05, 3.63) is 24.3 Å². The molecule has 0 radical (unpaired) electrons. The quantitative estimate of drug-likeness (QED) is 0.683. The number of carbonyl (C=O) groups excluding carboxylic acids is 1. The molecule has 2 heterocycles. The van der Waals surface area contributed by atoms with Crippen molar-refractivity contribution in [2.45, 2.75) is 16.8 Å². The molecule has 98 valence electrons. The van der Waals surface area contributed by atoms with E-state index in [1.165, 1.54) is 11.8 Å². The minimum Gasteiger partial charge on any atom is -0.465 e. The van der Waals surface area contributed by atoms with Gasteiger partial charge in [-0.2, -0.15) is 0 Å². The highest BCUT2D eigenvalue weighted by molar-refractivity contribution is 8.00. The lowest BCUT2D eigenvalue weighted by Crippen LogP contribution is -2.10. The molecule has 1 N–H and O–H groups in total. The van der Waals surface area contributed by atoms with Gasteiger partial charge in [-0.05, 0) is 12.1 Å². The molecular formula is C13H13N3O2S. The summed E-state index contributed by atoms with van der Waals surface area (Å²) in [4.78, 5) is 20.4. The summed E-state index contributed by atoms with van der Waals surface area (Å²) in [6.07, 6.45) is 0.717. The summed E-state index contributed by atoms with van der Waals surface area (Å²) in [5.41, 5.74) is 0.871. The van der Waals surface area contributed by atoms with Gasteiger partial charge in [-0.3, -0.25) is 4.79 Å². The Labute approximate surface area is 114 Å². The number of carbonyl (C=O) groups is 1. The minimum atomic E-state index is -0.189. The van der Waals surface area contributed by atoms with Gasteiger partial charge in [0.2, 0.25) is 0 Å². The second-order valence-electron chi connectivity index (χ2n) is 4.18. The van der Waals surface area contributed by atoms with Gasteiger partial charge >= 0.3 is 5.97 Å². The molecule has 3 rings (SSSR count). The normalized spacial score (nSPS) is 18.6. The third-order valence-corrected chi connectivity index (χ3v) is 4.06. The molecule has 1 fully saturated rings. The van der Waals surface area contributed by atoms with E-state index in [4.69, 9.17) is 4.74 Å². The molecule has 0 spiro atoms. The molecule has 6 heteroatoms. The number of hydrogen-bond acceptors (Lipinski definition) is 6. The highest BCUT2D eigenvalue weighted by Gasteiger charge is 2.28. The van der Waals surface area contributed by atoms with Crippen LogP contribution in [0.15, 0.2) is 29.4 Å². The molecule has 0 amide bonds. The monoisotopic (exact) mass is 275 g/mol. The average Bonchev–Trinajstić information content (AvgIpc) is 2.83. The molecule has 19 heavy (non-hydrogen) atoms. The van der Waals surface area contributed by atoms with Crippen LogP contribution in [-0.4, -0.2) is 34.8 Å². The number of fused-ring (bicyclic) bond motifs is 1. The van der Waals surface area contributed by atoms with Gasteiger partial charge in [0.15, 0.2) is 5.16 Å². The Bertz CT molecular complexity index is 632. The Kier molecular flexibility index (Phi) is 3.25. The summed E-state index contributed by atoms with van der Waals surface area (Å²) in [5.74, 6) is 0.604. The van der Waals surface area contributed by atoms with E-state index in [0.717, 1.165) is 16.7 Å². The molecule has 1 saturated heterocycles. The van der Waals surface area contributed by atoms with Gasteiger partial charge in [0, 0.05) is 18.9 Å². The maximum absolute atomic E-state index is 11.5. The number of ether oxygens (including phenoxy) is 1. The average molecular weight is 275 g/mol. The molecule has 0 bridgehead atoms. The number of hydrogen-bond donors (Lipinski definition) is 1. The van der Waals surface area contributed by atoms with Gasteiger partial charge in [0.05, 0.1) is 12.1 Å². The first-order chi connectivity index (χ1) is 9.28. The number of nitrogens with one attached hydrogen (secondary N) is 1. The number of rotatable bonds is 3. The maximum Gasteiger partial charge on any atom is 0.319 e. The number of para-hydroxylation sites is 1. The van der Waals surface area contributed by atoms with Crippen LogP contribution in [-0.2, 0) is 9.53 Å². The van der Waals surface area contributed by atoms with E-state index in [1.807, 2.05) is 31.3 Å². The van der Waals surface area contributed by atoms with Crippen molar-refractivity contribution in [1.29, 1.82) is 0 Å². The van der Waals surface area contributed by atoms with Crippen LogP contribution in [0.2, 0.25) is 0 Å². The molecule has 1 aliphatic rings. The van der Waals surface area contributed by atoms with Crippen LogP contribution in [0, 0.1) is 0 Å². The second-order valence-corrected chi connectivity index (χ2v) is 5.35. The number of benzene rings is 1. The van der Waals surface area contributed by atoms with E-state index >= 15 is 0 Å². The number of nitrogens with zero attached hydrogens (tertiary/aromatic N) is 2. The Morgan fingerprint density at radius 2 is 2.21 bits per heavy atom. The maximum atomic E-state index is 11.5. The summed E-state index contributed by atoms with van der Waals surface area (Å²) in [7, 11) is 1.83. The first-order valence-electron chi connectivity index (χ1n) is 6.06. The molecule has 1 atom stereocenters. The minimum absolute atomic E-state index is 0.173. The lowest BCUT2D eigenvalue weighted by atomic mass is 10.2. The van der Waals surface area contributed by atoms with E-state index in [2.05, 4.69) is 15.3 Å². The smallest absolute Gasteiger partial charge is 0.319 e. The van der Waals surface area contributed by atoms with E-state index in [0.29, 0.717) is 18.2 Å². The molecule has 0 unspecified atom stereocenters. The van der Waals surface area contributed by atoms with Crippen LogP contribution >= 0.6 is 11.8 Å². The number of aromatic nitrogens is 2. The van der Waals surface area contributed by atoms with Crippen LogP contribution in [0.3, 0.4) is 0 Å². The molecule has 2 aromatic rings. The topological polar surface area (TPSA) is 64.1 Å². The van der Waals surface area contributed by atoms with Crippen molar-refractivity contribution in [2.24, 2.45) is 0 Å². The van der Waals surface area contributed by atoms with Gasteiger partial charge < -0.3 is 10.1 Å². The predicted molar refractivity (Wildman–Crippen MR) is 74.3 cm³/mol.